The van der Waals surface area contributed by atoms with E-state index in [1.165, 1.54) is 11.1 Å². The van der Waals surface area contributed by atoms with E-state index >= 15 is 0 Å². The van der Waals surface area contributed by atoms with Crippen LogP contribution in [0, 0.1) is 0 Å². The summed E-state index contributed by atoms with van der Waals surface area (Å²) < 4.78 is 0. The summed E-state index contributed by atoms with van der Waals surface area (Å²) in [4.78, 5) is 10.9. The van der Waals surface area contributed by atoms with Crippen LogP contribution in [0.5, 0.6) is 11.5 Å². The fourth-order valence-corrected chi connectivity index (χ4v) is 3.61. The van der Waals surface area contributed by atoms with Gasteiger partial charge in [-0.1, -0.05) is 79.7 Å². The lowest BCUT2D eigenvalue weighted by Crippen LogP contribution is -2.09. The summed E-state index contributed by atoms with van der Waals surface area (Å²) in [6, 6.07) is 11.9. The van der Waals surface area contributed by atoms with Gasteiger partial charge in [-0.3, -0.25) is 0 Å². The molecule has 0 amide bonds. The third-order valence-corrected chi connectivity index (χ3v) is 4.87. The van der Waals surface area contributed by atoms with Gasteiger partial charge >= 0.3 is 0 Å². The average molecular weight is 387 g/mol. The molecular weight excluding hydrogens is 352 g/mol. The molecule has 0 aromatic heterocycles. The Morgan fingerprint density at radius 1 is 0.500 bits per heavy atom. The van der Waals surface area contributed by atoms with E-state index in [9.17, 15) is 0 Å². The zero-order valence-electron chi connectivity index (χ0n) is 18.4. The van der Waals surface area contributed by atoms with Crippen LogP contribution < -0.4 is 9.78 Å². The van der Waals surface area contributed by atoms with Crippen molar-refractivity contribution in [2.75, 3.05) is 0 Å². The van der Waals surface area contributed by atoms with Crippen LogP contribution in [-0.2, 0) is 10.1 Å². The lowest BCUT2D eigenvalue weighted by atomic mass is 9.90. The molecule has 0 spiro atoms. The lowest BCUT2D eigenvalue weighted by Gasteiger charge is -2.19. The molecule has 0 saturated heterocycles. The van der Waals surface area contributed by atoms with Crippen LogP contribution in [0.2, 0.25) is 0 Å². The van der Waals surface area contributed by atoms with E-state index in [2.05, 4.69) is 67.5 Å². The molecule has 2 aromatic carbocycles. The second-order valence-corrected chi connectivity index (χ2v) is 8.44. The molecule has 0 aliphatic heterocycles. The Morgan fingerprint density at radius 2 is 0.857 bits per heavy atom. The van der Waals surface area contributed by atoms with Crippen molar-refractivity contribution in [3.05, 3.63) is 58.7 Å². The molecule has 4 heteroatoms. The quantitative estimate of drug-likeness (QED) is 0.255. The van der Waals surface area contributed by atoms with Gasteiger partial charge in [-0.05, 0) is 46.9 Å². The van der Waals surface area contributed by atoms with Crippen molar-refractivity contribution in [3.8, 4) is 11.5 Å². The van der Waals surface area contributed by atoms with Crippen LogP contribution in [0.25, 0.3) is 0 Å². The molecule has 2 aromatic rings. The van der Waals surface area contributed by atoms with E-state index in [1.807, 2.05) is 24.3 Å². The van der Waals surface area contributed by atoms with Crippen molar-refractivity contribution in [2.45, 2.75) is 79.1 Å². The van der Waals surface area contributed by atoms with Crippen molar-refractivity contribution < 1.29 is 19.9 Å². The maximum absolute atomic E-state index is 5.44. The molecule has 0 saturated carbocycles. The van der Waals surface area contributed by atoms with E-state index in [1.54, 1.807) is 0 Å². The first-order valence-corrected chi connectivity index (χ1v) is 10.2. The fraction of sp³-hybridized carbons (Fsp3) is 0.500. The highest BCUT2D eigenvalue weighted by Gasteiger charge is 2.18. The molecule has 4 nitrogen and oxygen atoms in total. The van der Waals surface area contributed by atoms with Gasteiger partial charge in [0.15, 0.2) is 11.5 Å². The second kappa shape index (κ2) is 9.94. The molecule has 0 N–H and O–H groups in total. The first kappa shape index (κ1) is 22.3. The minimum Gasteiger partial charge on any atom is -0.305 e. The first-order valence-electron chi connectivity index (χ1n) is 10.2. The first-order chi connectivity index (χ1) is 13.2. The van der Waals surface area contributed by atoms with E-state index in [0.717, 1.165) is 11.1 Å². The van der Waals surface area contributed by atoms with Crippen LogP contribution in [0.1, 0.15) is 101 Å². The zero-order valence-corrected chi connectivity index (χ0v) is 18.4. The van der Waals surface area contributed by atoms with E-state index in [-0.39, 0.29) is 0 Å². The molecule has 0 bridgehead atoms. The van der Waals surface area contributed by atoms with Crippen LogP contribution in [-0.4, -0.2) is 0 Å². The van der Waals surface area contributed by atoms with Gasteiger partial charge in [0.1, 0.15) is 0 Å². The Balaban J connectivity index is 2.10. The molecule has 0 aliphatic carbocycles. The number of rotatable bonds is 9. The average Bonchev–Trinajstić information content (AvgIpc) is 2.64. The van der Waals surface area contributed by atoms with Crippen molar-refractivity contribution >= 4 is 0 Å². The Kier molecular flexibility index (Phi) is 7.90. The summed E-state index contributed by atoms with van der Waals surface area (Å²) in [7, 11) is 0. The van der Waals surface area contributed by atoms with Gasteiger partial charge in [0.25, 0.3) is 0 Å². The maximum Gasteiger partial charge on any atom is 0.172 e. The summed E-state index contributed by atoms with van der Waals surface area (Å²) in [6.07, 6.45) is 0. The van der Waals surface area contributed by atoms with Gasteiger partial charge in [0, 0.05) is 21.2 Å². The summed E-state index contributed by atoms with van der Waals surface area (Å²) in [5, 5.41) is 9.92. The van der Waals surface area contributed by atoms with Crippen molar-refractivity contribution in [1.82, 2.24) is 0 Å². The fourth-order valence-electron chi connectivity index (χ4n) is 3.61. The van der Waals surface area contributed by atoms with E-state index in [4.69, 9.17) is 19.9 Å². The smallest absolute Gasteiger partial charge is 0.172 e. The molecule has 0 heterocycles. The van der Waals surface area contributed by atoms with Gasteiger partial charge in [-0.25, -0.2) is 0 Å². The summed E-state index contributed by atoms with van der Waals surface area (Å²) in [6.45, 7) is 17.2. The number of hydrogen-bond donors (Lipinski definition) is 0. The summed E-state index contributed by atoms with van der Waals surface area (Å²) >= 11 is 0. The summed E-state index contributed by atoms with van der Waals surface area (Å²) in [5.41, 5.74) is 4.71. The molecule has 0 aliphatic rings. The van der Waals surface area contributed by atoms with Gasteiger partial charge in [0.2, 0.25) is 0 Å². The predicted molar refractivity (Wildman–Crippen MR) is 113 cm³/mol. The molecule has 0 atom stereocenters. The van der Waals surface area contributed by atoms with Gasteiger partial charge in [-0.15, -0.1) is 0 Å². The van der Waals surface area contributed by atoms with Crippen molar-refractivity contribution in [2.24, 2.45) is 0 Å². The molecule has 2 rings (SSSR count). The van der Waals surface area contributed by atoms with Crippen LogP contribution in [0.3, 0.4) is 0 Å². The van der Waals surface area contributed by atoms with E-state index in [0.29, 0.717) is 35.2 Å². The third-order valence-electron chi connectivity index (χ3n) is 4.87. The molecular formula is C24H34O4. The highest BCUT2D eigenvalue weighted by molar-refractivity contribution is 5.44. The van der Waals surface area contributed by atoms with Crippen molar-refractivity contribution in [3.63, 3.8) is 0 Å². The second-order valence-electron chi connectivity index (χ2n) is 8.44. The number of hydrogen-bond acceptors (Lipinski definition) is 4. The van der Waals surface area contributed by atoms with Gasteiger partial charge in [0.05, 0.1) is 0 Å². The topological polar surface area (TPSA) is 36.9 Å². The summed E-state index contributed by atoms with van der Waals surface area (Å²) in [5.74, 6) is 2.67. The lowest BCUT2D eigenvalue weighted by molar-refractivity contribution is -0.576. The highest BCUT2D eigenvalue weighted by atomic mass is 17.7. The Hall–Kier alpha value is -2.04. The van der Waals surface area contributed by atoms with Crippen LogP contribution in [0.15, 0.2) is 36.4 Å². The monoisotopic (exact) mass is 386 g/mol. The zero-order chi connectivity index (χ0) is 20.8. The predicted octanol–water partition coefficient (Wildman–Crippen LogP) is 7.42. The van der Waals surface area contributed by atoms with Crippen LogP contribution >= 0.6 is 0 Å². The van der Waals surface area contributed by atoms with Crippen LogP contribution in [0.4, 0.5) is 0 Å². The third kappa shape index (κ3) is 5.27. The Labute approximate surface area is 169 Å². The van der Waals surface area contributed by atoms with Gasteiger partial charge < -0.3 is 9.78 Å². The van der Waals surface area contributed by atoms with E-state index < -0.39 is 0 Å². The molecule has 0 radical (unpaired) electrons. The molecule has 154 valence electrons. The van der Waals surface area contributed by atoms with Gasteiger partial charge in [-0.2, -0.15) is 0 Å². The minimum atomic E-state index is 0.299. The number of benzene rings is 2. The normalized spacial score (nSPS) is 11.7. The highest BCUT2D eigenvalue weighted by Crippen LogP contribution is 2.35. The standard InChI is InChI=1S/C24H34O4/c1-15(2)19-11-9-13-21(23(19)17(5)6)25-27-28-26-22-14-10-12-20(16(3)4)24(22)18(7)8/h9-18H,1-8H3. The maximum atomic E-state index is 5.44. The largest absolute Gasteiger partial charge is 0.305 e. The molecule has 28 heavy (non-hydrogen) atoms. The Morgan fingerprint density at radius 3 is 1.14 bits per heavy atom. The Bertz CT molecular complexity index is 698. The molecule has 0 unspecified atom stereocenters. The molecule has 0 fully saturated rings. The minimum absolute atomic E-state index is 0.299. The SMILES string of the molecule is CC(C)c1cccc(OOOOc2cccc(C(C)C)c2C(C)C)c1C(C)C. The van der Waals surface area contributed by atoms with Crippen molar-refractivity contribution in [1.29, 1.82) is 0 Å².